The van der Waals surface area contributed by atoms with E-state index in [0.717, 1.165) is 5.00 Å². The zero-order valence-corrected chi connectivity index (χ0v) is 5.48. The largest absolute Gasteiger partial charge is 0.363 e. The van der Waals surface area contributed by atoms with Crippen LogP contribution in [0.4, 0.5) is 5.00 Å². The summed E-state index contributed by atoms with van der Waals surface area (Å²) >= 11 is 1.30. The fourth-order valence-electron chi connectivity index (χ4n) is 0.383. The lowest BCUT2D eigenvalue weighted by Crippen LogP contribution is -1.94. The van der Waals surface area contributed by atoms with Crippen LogP contribution in [0.2, 0.25) is 0 Å². The van der Waals surface area contributed by atoms with E-state index in [1.165, 1.54) is 11.5 Å². The molecule has 0 unspecified atom stereocenters. The summed E-state index contributed by atoms with van der Waals surface area (Å²) in [5, 5.41) is 7.45. The monoisotopic (exact) mass is 139 g/mol. The second-order valence-corrected chi connectivity index (χ2v) is 2.13. The summed E-state index contributed by atoms with van der Waals surface area (Å²) in [4.78, 5) is 0. The summed E-state index contributed by atoms with van der Waals surface area (Å²) in [6.45, 7) is 0.532. The summed E-state index contributed by atoms with van der Waals surface area (Å²) in [6, 6.07) is 0. The average Bonchev–Trinajstić information content (AvgIpc) is 2.34. The van der Waals surface area contributed by atoms with Crippen molar-refractivity contribution in [2.75, 3.05) is 11.9 Å². The number of nitrogens with zero attached hydrogens (tertiary/aromatic N) is 2. The molecule has 0 fully saturated rings. The summed E-state index contributed by atoms with van der Waals surface area (Å²) in [5.74, 6) is 2.45. The van der Waals surface area contributed by atoms with E-state index in [1.54, 1.807) is 6.20 Å². The van der Waals surface area contributed by atoms with E-state index in [9.17, 15) is 0 Å². The quantitative estimate of drug-likeness (QED) is 0.609. The zero-order chi connectivity index (χ0) is 6.53. The maximum absolute atomic E-state index is 5.00. The lowest BCUT2D eigenvalue weighted by Gasteiger charge is -1.90. The molecule has 0 bridgehead atoms. The number of rotatable bonds is 2. The molecule has 3 nitrogen and oxygen atoms in total. The van der Waals surface area contributed by atoms with Crippen LogP contribution in [-0.4, -0.2) is 16.1 Å². The van der Waals surface area contributed by atoms with Crippen molar-refractivity contribution in [2.45, 2.75) is 0 Å². The Bertz CT molecular complexity index is 198. The van der Waals surface area contributed by atoms with Gasteiger partial charge in [-0.2, -0.15) is 0 Å². The fraction of sp³-hybridized carbons (Fsp3) is 0.200. The molecule has 0 saturated carbocycles. The summed E-state index contributed by atoms with van der Waals surface area (Å²) in [7, 11) is 0. The van der Waals surface area contributed by atoms with E-state index in [2.05, 4.69) is 20.8 Å². The van der Waals surface area contributed by atoms with Gasteiger partial charge >= 0.3 is 0 Å². The van der Waals surface area contributed by atoms with E-state index < -0.39 is 0 Å². The first-order chi connectivity index (χ1) is 4.43. The third-order valence-electron chi connectivity index (χ3n) is 0.726. The third kappa shape index (κ3) is 1.70. The molecule has 0 saturated heterocycles. The van der Waals surface area contributed by atoms with Gasteiger partial charge < -0.3 is 5.32 Å². The van der Waals surface area contributed by atoms with Crippen LogP contribution in [0.15, 0.2) is 6.20 Å². The Kier molecular flexibility index (Phi) is 2.05. The Labute approximate surface area is 57.3 Å². The summed E-state index contributed by atoms with van der Waals surface area (Å²) in [6.07, 6.45) is 6.64. The number of hydrogen-bond donors (Lipinski definition) is 1. The Morgan fingerprint density at radius 2 is 2.78 bits per heavy atom. The Hall–Kier alpha value is -1.08. The van der Waals surface area contributed by atoms with Gasteiger partial charge in [-0.3, -0.25) is 0 Å². The number of aromatic nitrogens is 2. The van der Waals surface area contributed by atoms with Crippen molar-refractivity contribution in [2.24, 2.45) is 0 Å². The van der Waals surface area contributed by atoms with Gasteiger partial charge in [0, 0.05) is 11.5 Å². The molecular weight excluding hydrogens is 134 g/mol. The smallest absolute Gasteiger partial charge is 0.130 e. The lowest BCUT2D eigenvalue weighted by atomic mass is 10.6. The highest BCUT2D eigenvalue weighted by Gasteiger charge is 1.88. The minimum absolute atomic E-state index is 0.532. The van der Waals surface area contributed by atoms with Gasteiger partial charge in [-0.15, -0.1) is 11.5 Å². The molecule has 0 aliphatic rings. The molecule has 4 heteroatoms. The molecule has 0 aliphatic carbocycles. The van der Waals surface area contributed by atoms with Gasteiger partial charge in [0.2, 0.25) is 0 Å². The molecule has 1 heterocycles. The highest BCUT2D eigenvalue weighted by molar-refractivity contribution is 7.09. The first kappa shape index (κ1) is 6.05. The second-order valence-electron chi connectivity index (χ2n) is 1.34. The van der Waals surface area contributed by atoms with Gasteiger partial charge in [0.15, 0.2) is 0 Å². The Morgan fingerprint density at radius 3 is 3.33 bits per heavy atom. The second kappa shape index (κ2) is 3.05. The Balaban J connectivity index is 2.41. The van der Waals surface area contributed by atoms with Crippen LogP contribution in [0.25, 0.3) is 0 Å². The molecule has 1 N–H and O–H groups in total. The van der Waals surface area contributed by atoms with Gasteiger partial charge in [0.1, 0.15) is 5.00 Å². The maximum Gasteiger partial charge on any atom is 0.130 e. The van der Waals surface area contributed by atoms with Crippen LogP contribution >= 0.6 is 11.5 Å². The third-order valence-corrected chi connectivity index (χ3v) is 1.35. The number of anilines is 1. The van der Waals surface area contributed by atoms with E-state index in [-0.39, 0.29) is 0 Å². The normalized spacial score (nSPS) is 8.33. The van der Waals surface area contributed by atoms with E-state index in [1.807, 2.05) is 0 Å². The molecule has 0 amide bonds. The number of hydrogen-bond acceptors (Lipinski definition) is 4. The van der Waals surface area contributed by atoms with E-state index >= 15 is 0 Å². The van der Waals surface area contributed by atoms with Crippen LogP contribution in [0.1, 0.15) is 0 Å². The van der Waals surface area contributed by atoms with Gasteiger partial charge in [0.25, 0.3) is 0 Å². The molecule has 1 rings (SSSR count). The highest BCUT2D eigenvalue weighted by atomic mass is 32.1. The molecule has 1 aromatic heterocycles. The van der Waals surface area contributed by atoms with Crippen molar-refractivity contribution >= 4 is 16.5 Å². The van der Waals surface area contributed by atoms with Gasteiger partial charge in [-0.25, -0.2) is 0 Å². The molecule has 0 spiro atoms. The fourth-order valence-corrected chi connectivity index (χ4v) is 0.796. The SMILES string of the molecule is C#CCNc1cnns1. The Morgan fingerprint density at radius 1 is 1.89 bits per heavy atom. The molecule has 0 aromatic carbocycles. The van der Waals surface area contributed by atoms with Crippen molar-refractivity contribution in [3.05, 3.63) is 6.20 Å². The van der Waals surface area contributed by atoms with Gasteiger partial charge in [0.05, 0.1) is 12.7 Å². The molecule has 0 atom stereocenters. The van der Waals surface area contributed by atoms with Crippen LogP contribution < -0.4 is 5.32 Å². The average molecular weight is 139 g/mol. The molecule has 9 heavy (non-hydrogen) atoms. The van der Waals surface area contributed by atoms with Crippen molar-refractivity contribution in [3.63, 3.8) is 0 Å². The minimum Gasteiger partial charge on any atom is -0.363 e. The van der Waals surface area contributed by atoms with E-state index in [4.69, 9.17) is 6.42 Å². The van der Waals surface area contributed by atoms with E-state index in [0.29, 0.717) is 6.54 Å². The highest BCUT2D eigenvalue weighted by Crippen LogP contribution is 2.07. The molecular formula is C5H5N3S. The maximum atomic E-state index is 5.00. The lowest BCUT2D eigenvalue weighted by molar-refractivity contribution is 1.15. The van der Waals surface area contributed by atoms with Crippen molar-refractivity contribution in [3.8, 4) is 12.3 Å². The molecule has 0 radical (unpaired) electrons. The van der Waals surface area contributed by atoms with Gasteiger partial charge in [-0.05, 0) is 0 Å². The van der Waals surface area contributed by atoms with Crippen molar-refractivity contribution in [1.29, 1.82) is 0 Å². The molecule has 1 aromatic rings. The predicted octanol–water partition coefficient (Wildman–Crippen LogP) is 0.583. The minimum atomic E-state index is 0.532. The molecule has 46 valence electrons. The van der Waals surface area contributed by atoms with Crippen molar-refractivity contribution in [1.82, 2.24) is 9.59 Å². The van der Waals surface area contributed by atoms with Gasteiger partial charge in [-0.1, -0.05) is 10.4 Å². The first-order valence-electron chi connectivity index (χ1n) is 2.38. The van der Waals surface area contributed by atoms with Crippen LogP contribution in [-0.2, 0) is 0 Å². The number of nitrogens with one attached hydrogen (secondary N) is 1. The topological polar surface area (TPSA) is 37.8 Å². The standard InChI is InChI=1S/C5H5N3S/c1-2-3-6-5-4-7-8-9-5/h1,4,6H,3H2. The van der Waals surface area contributed by atoms with Crippen LogP contribution in [0.3, 0.4) is 0 Å². The first-order valence-corrected chi connectivity index (χ1v) is 3.15. The van der Waals surface area contributed by atoms with Crippen molar-refractivity contribution < 1.29 is 0 Å². The predicted molar refractivity (Wildman–Crippen MR) is 37.2 cm³/mol. The summed E-state index contributed by atoms with van der Waals surface area (Å²) in [5.41, 5.74) is 0. The zero-order valence-electron chi connectivity index (χ0n) is 4.66. The molecule has 0 aliphatic heterocycles. The van der Waals surface area contributed by atoms with Crippen LogP contribution in [0, 0.1) is 12.3 Å². The summed E-state index contributed by atoms with van der Waals surface area (Å²) < 4.78 is 3.64. The van der Waals surface area contributed by atoms with Crippen LogP contribution in [0.5, 0.6) is 0 Å². The number of terminal acetylenes is 1.